The van der Waals surface area contributed by atoms with E-state index in [1.165, 1.54) is 0 Å². The topological polar surface area (TPSA) is 99.5 Å². The van der Waals surface area contributed by atoms with Crippen LogP contribution >= 0.6 is 15.9 Å². The summed E-state index contributed by atoms with van der Waals surface area (Å²) in [6.07, 6.45) is -3.47. The number of rotatable bonds is 5. The van der Waals surface area contributed by atoms with Gasteiger partial charge in [0, 0.05) is 12.3 Å². The monoisotopic (exact) mass is 406 g/mol. The third-order valence-corrected chi connectivity index (χ3v) is 3.10. The largest absolute Gasteiger partial charge is 0.482 e. The Hall–Kier alpha value is -2.68. The Morgan fingerprint density at radius 1 is 1.46 bits per heavy atom. The van der Waals surface area contributed by atoms with Crippen LogP contribution in [-0.2, 0) is 0 Å². The van der Waals surface area contributed by atoms with Crippen LogP contribution in [0.1, 0.15) is 5.82 Å². The quantitative estimate of drug-likeness (QED) is 0.584. The van der Waals surface area contributed by atoms with E-state index in [0.717, 1.165) is 18.3 Å². The summed E-state index contributed by atoms with van der Waals surface area (Å²) in [4.78, 5) is 0. The third kappa shape index (κ3) is 4.66. The van der Waals surface area contributed by atoms with E-state index < -0.39 is 18.6 Å². The predicted octanol–water partition coefficient (Wildman–Crippen LogP) is 3.02. The van der Waals surface area contributed by atoms with Gasteiger partial charge in [0.25, 0.3) is 0 Å². The van der Waals surface area contributed by atoms with Gasteiger partial charge in [0.1, 0.15) is 23.2 Å². The van der Waals surface area contributed by atoms with Gasteiger partial charge in [0.05, 0.1) is 10.2 Å². The van der Waals surface area contributed by atoms with Crippen molar-refractivity contribution in [2.75, 3.05) is 11.9 Å². The van der Waals surface area contributed by atoms with Crippen molar-refractivity contribution in [1.82, 2.24) is 20.6 Å². The molecule has 0 aliphatic heterocycles. The molecule has 2 N–H and O–H groups in total. The van der Waals surface area contributed by atoms with Crippen molar-refractivity contribution >= 4 is 27.2 Å². The first kappa shape index (κ1) is 17.7. The van der Waals surface area contributed by atoms with Crippen LogP contribution in [0.3, 0.4) is 0 Å². The van der Waals surface area contributed by atoms with Crippen molar-refractivity contribution < 1.29 is 22.3 Å². The molecule has 0 aliphatic carbocycles. The maximum Gasteiger partial charge on any atom is 0.422 e. The first-order chi connectivity index (χ1) is 11.3. The molecule has 0 radical (unpaired) electrons. The van der Waals surface area contributed by atoms with Crippen LogP contribution in [0, 0.1) is 17.1 Å². The fourth-order valence-electron chi connectivity index (χ4n) is 1.49. The lowest BCUT2D eigenvalue weighted by molar-refractivity contribution is -0.153. The summed E-state index contributed by atoms with van der Waals surface area (Å²) in [5.74, 6) is -1.04. The van der Waals surface area contributed by atoms with Gasteiger partial charge in [-0.1, -0.05) is 0 Å². The Labute approximate surface area is 140 Å². The molecular weight excluding hydrogens is 400 g/mol. The van der Waals surface area contributed by atoms with E-state index >= 15 is 0 Å². The number of nitriles is 1. The highest BCUT2D eigenvalue weighted by Gasteiger charge is 2.29. The predicted molar refractivity (Wildman–Crippen MR) is 77.0 cm³/mol. The summed E-state index contributed by atoms with van der Waals surface area (Å²) in [6, 6.07) is 3.72. The molecule has 0 bridgehead atoms. The van der Waals surface area contributed by atoms with E-state index in [2.05, 4.69) is 46.6 Å². The van der Waals surface area contributed by atoms with E-state index in [1.807, 2.05) is 0 Å². The van der Waals surface area contributed by atoms with Crippen molar-refractivity contribution in [3.8, 4) is 11.8 Å². The number of ether oxygens (including phenoxy) is 1. The third-order valence-electron chi connectivity index (χ3n) is 2.49. The molecule has 12 heteroatoms. The van der Waals surface area contributed by atoms with Crippen molar-refractivity contribution in [3.63, 3.8) is 0 Å². The average molecular weight is 407 g/mol. The lowest BCUT2D eigenvalue weighted by Gasteiger charge is -2.14. The van der Waals surface area contributed by atoms with Crippen LogP contribution in [0.25, 0.3) is 5.57 Å². The number of allylic oxidation sites excluding steroid dienone is 1. The fraction of sp³-hybridized carbons (Fsp3) is 0.167. The molecule has 0 saturated carbocycles. The number of nitrogens with zero attached hydrogens (tertiary/aromatic N) is 4. The van der Waals surface area contributed by atoms with Crippen LogP contribution in [0.5, 0.6) is 5.75 Å². The summed E-state index contributed by atoms with van der Waals surface area (Å²) in [5.41, 5.74) is -0.190. The zero-order valence-corrected chi connectivity index (χ0v) is 13.1. The number of hydrogen-bond donors (Lipinski definition) is 2. The van der Waals surface area contributed by atoms with E-state index in [1.54, 1.807) is 6.07 Å². The Balaban J connectivity index is 2.28. The molecule has 0 aliphatic rings. The number of benzene rings is 1. The maximum atomic E-state index is 13.6. The summed E-state index contributed by atoms with van der Waals surface area (Å²) in [5, 5.41) is 24.1. The van der Waals surface area contributed by atoms with Crippen LogP contribution < -0.4 is 10.1 Å². The molecule has 7 nitrogen and oxygen atoms in total. The lowest BCUT2D eigenvalue weighted by atomic mass is 10.2. The van der Waals surface area contributed by atoms with Crippen LogP contribution in [0.4, 0.5) is 23.2 Å². The summed E-state index contributed by atoms with van der Waals surface area (Å²) in [7, 11) is 0. The molecule has 1 aromatic carbocycles. The Morgan fingerprint density at radius 3 is 2.79 bits per heavy atom. The zero-order valence-electron chi connectivity index (χ0n) is 11.5. The number of anilines is 1. The number of aromatic nitrogens is 4. The van der Waals surface area contributed by atoms with Gasteiger partial charge in [-0.05, 0) is 27.2 Å². The Bertz CT molecular complexity index is 784. The smallest absolute Gasteiger partial charge is 0.422 e. The first-order valence-corrected chi connectivity index (χ1v) is 6.88. The summed E-state index contributed by atoms with van der Waals surface area (Å²) >= 11 is 2.86. The molecule has 0 atom stereocenters. The molecular formula is C12H7BrF4N6O. The van der Waals surface area contributed by atoms with Gasteiger partial charge in [-0.15, -0.1) is 10.2 Å². The van der Waals surface area contributed by atoms with Gasteiger partial charge in [0.2, 0.25) is 5.82 Å². The number of nitrogens with one attached hydrogen (secondary N) is 2. The summed E-state index contributed by atoms with van der Waals surface area (Å²) < 4.78 is 55.1. The number of alkyl halides is 3. The SMILES string of the molecule is N#CC(=CNc1cc(F)c(Br)cc1OCC(F)(F)F)c1nn[nH]n1. The average Bonchev–Trinajstić information content (AvgIpc) is 3.03. The van der Waals surface area contributed by atoms with E-state index in [-0.39, 0.29) is 27.3 Å². The van der Waals surface area contributed by atoms with Crippen LogP contribution in [0.2, 0.25) is 0 Å². The molecule has 2 rings (SSSR count). The van der Waals surface area contributed by atoms with E-state index in [9.17, 15) is 17.6 Å². The molecule has 0 spiro atoms. The molecule has 1 heterocycles. The highest BCUT2D eigenvalue weighted by Crippen LogP contribution is 2.32. The number of hydrogen-bond acceptors (Lipinski definition) is 6. The molecule has 0 unspecified atom stereocenters. The molecule has 24 heavy (non-hydrogen) atoms. The second kappa shape index (κ2) is 7.26. The van der Waals surface area contributed by atoms with E-state index in [4.69, 9.17) is 5.26 Å². The molecule has 1 aromatic heterocycles. The number of tetrazole rings is 1. The van der Waals surface area contributed by atoms with Gasteiger partial charge in [0.15, 0.2) is 6.61 Å². The zero-order chi connectivity index (χ0) is 17.7. The molecule has 0 saturated heterocycles. The van der Waals surface area contributed by atoms with Gasteiger partial charge in [-0.3, -0.25) is 0 Å². The van der Waals surface area contributed by atoms with Crippen molar-refractivity contribution in [2.45, 2.75) is 6.18 Å². The van der Waals surface area contributed by atoms with Gasteiger partial charge < -0.3 is 10.1 Å². The highest BCUT2D eigenvalue weighted by molar-refractivity contribution is 9.10. The molecule has 126 valence electrons. The second-order valence-electron chi connectivity index (χ2n) is 4.22. The van der Waals surface area contributed by atoms with Crippen LogP contribution in [-0.4, -0.2) is 33.4 Å². The van der Waals surface area contributed by atoms with E-state index in [0.29, 0.717) is 0 Å². The lowest BCUT2D eigenvalue weighted by Crippen LogP contribution is -2.19. The minimum atomic E-state index is -4.56. The number of halogens is 5. The van der Waals surface area contributed by atoms with Crippen molar-refractivity contribution in [3.05, 3.63) is 34.4 Å². The minimum absolute atomic E-state index is 0.0413. The summed E-state index contributed by atoms with van der Waals surface area (Å²) in [6.45, 7) is -1.56. The van der Waals surface area contributed by atoms with Crippen molar-refractivity contribution in [2.24, 2.45) is 0 Å². The second-order valence-corrected chi connectivity index (χ2v) is 5.07. The van der Waals surface area contributed by atoms with Gasteiger partial charge in [-0.25, -0.2) is 4.39 Å². The first-order valence-electron chi connectivity index (χ1n) is 6.09. The molecule has 0 fully saturated rings. The molecule has 0 amide bonds. The van der Waals surface area contributed by atoms with Crippen molar-refractivity contribution in [1.29, 1.82) is 5.26 Å². The minimum Gasteiger partial charge on any atom is -0.482 e. The number of H-pyrrole nitrogens is 1. The standard InChI is InChI=1S/C12H7BrF4N6O/c13-7-1-10(24-5-12(15,16)17)9(2-8(7)14)19-4-6(3-18)11-20-22-23-21-11/h1-2,4,19H,5H2,(H,20,21,22,23). The van der Waals surface area contributed by atoms with Gasteiger partial charge in [-0.2, -0.15) is 23.6 Å². The Kier molecular flexibility index (Phi) is 5.35. The highest BCUT2D eigenvalue weighted by atomic mass is 79.9. The van der Waals surface area contributed by atoms with Gasteiger partial charge >= 0.3 is 6.18 Å². The fourth-order valence-corrected chi connectivity index (χ4v) is 1.82. The molecule has 2 aromatic rings. The Morgan fingerprint density at radius 2 is 2.21 bits per heavy atom. The normalized spacial score (nSPS) is 11.9. The number of aromatic amines is 1. The maximum absolute atomic E-state index is 13.6. The van der Waals surface area contributed by atoms with Crippen LogP contribution in [0.15, 0.2) is 22.8 Å².